The normalized spacial score (nSPS) is 19.8. The smallest absolute Gasteiger partial charge is 0.326 e. The Hall–Kier alpha value is -14.1. The predicted octanol–water partition coefficient (Wildman–Crippen LogP) is -11.3. The maximum atomic E-state index is 14.4. The van der Waals surface area contributed by atoms with Gasteiger partial charge in [-0.2, -0.15) is 0 Å². The number of guanidine groups is 1. The number of carboxylic acid groups (broad SMARTS) is 2. The summed E-state index contributed by atoms with van der Waals surface area (Å²) in [6, 6.07) is -20.4. The average molecular weight is 2100 g/mol. The lowest BCUT2D eigenvalue weighted by Crippen LogP contribution is -2.59. The SMILES string of the molecule is CC[C@H](C)[C@H](NC(=O)[C@@H]1CCCN1C(=O)CNC(=O)[C@@H](NC(=O)[C@H](CC(C)C)NC(=O)CNC(=O)[C@H](CCCNC(=N)N)NC(=O)[C@@H](NC(=O)CNC(=O)[C@H](CC(=O)O)NC(=O)[C@H](CCCCN)NC(=O)CNC(=O)[C@@H]1CCCN1C(=O)[C@H](C)NC(=O)CN)C(C)C)[C@@H](C)O)C(=O)NCC(=O)N1CCC[C@H]1C(=O)N1CCC[C@H]1C(=O)NCC(=O)N1CCC[C@H]1C(=O)N[C@@H](C)C(=O)NCC(=O)N[C@@H](C)C(=O)N1CCC[C@H]1C(=O)O. The number of rotatable bonds is 57. The Morgan fingerprint density at radius 1 is 0.351 bits per heavy atom. The Morgan fingerprint density at radius 3 is 1.24 bits per heavy atom. The molecule has 0 saturated carbocycles. The van der Waals surface area contributed by atoms with Gasteiger partial charge in [0.2, 0.25) is 136 Å². The van der Waals surface area contributed by atoms with Crippen molar-refractivity contribution in [1.29, 1.82) is 5.41 Å². The topological polar surface area (TPSA) is 825 Å². The van der Waals surface area contributed by atoms with Crippen molar-refractivity contribution < 1.29 is 135 Å². The molecule has 0 bridgehead atoms. The molecule has 0 unspecified atom stereocenters. The fourth-order valence-electron chi connectivity index (χ4n) is 18.0. The number of hydrogen-bond donors (Lipinski definition) is 25. The van der Waals surface area contributed by atoms with E-state index in [2.05, 4.69) is 95.7 Å². The lowest BCUT2D eigenvalue weighted by atomic mass is 9.97. The van der Waals surface area contributed by atoms with Crippen molar-refractivity contribution >= 4 is 154 Å². The number of likely N-dealkylation sites (tertiary alicyclic amines) is 6. The molecule has 6 rings (SSSR count). The number of nitrogens with two attached hydrogens (primary N) is 3. The van der Waals surface area contributed by atoms with Crippen LogP contribution in [0.4, 0.5) is 0 Å². The van der Waals surface area contributed by atoms with Gasteiger partial charge in [-0.3, -0.25) is 120 Å². The van der Waals surface area contributed by atoms with E-state index in [1.165, 1.54) is 64.0 Å². The Labute approximate surface area is 855 Å². The van der Waals surface area contributed by atoms with Crippen LogP contribution in [0.2, 0.25) is 0 Å². The fraction of sp³-hybridized carbons (Fsp3) is 0.717. The van der Waals surface area contributed by atoms with Crippen molar-refractivity contribution in [2.75, 3.05) is 105 Å². The molecule has 18 atom stereocenters. The zero-order valence-electron chi connectivity index (χ0n) is 85.5. The van der Waals surface area contributed by atoms with Crippen molar-refractivity contribution in [3.8, 4) is 0 Å². The molecule has 6 heterocycles. The van der Waals surface area contributed by atoms with E-state index in [0.29, 0.717) is 51.4 Å². The molecule has 0 spiro atoms. The van der Waals surface area contributed by atoms with Gasteiger partial charge in [0.25, 0.3) is 0 Å². The van der Waals surface area contributed by atoms with E-state index >= 15 is 0 Å². The van der Waals surface area contributed by atoms with Crippen molar-refractivity contribution in [2.45, 2.75) is 300 Å². The zero-order valence-corrected chi connectivity index (χ0v) is 85.5. The van der Waals surface area contributed by atoms with E-state index in [-0.39, 0.29) is 135 Å². The number of unbranched alkanes of at least 4 members (excludes halogenated alkanes) is 1. The van der Waals surface area contributed by atoms with Crippen LogP contribution in [0.3, 0.4) is 0 Å². The second-order valence-corrected chi connectivity index (χ2v) is 38.4. The number of aliphatic carboxylic acids is 2. The molecule has 56 heteroatoms. The van der Waals surface area contributed by atoms with Crippen molar-refractivity contribution in [3.63, 3.8) is 0 Å². The molecule has 6 saturated heterocycles. The molecule has 6 aliphatic heterocycles. The largest absolute Gasteiger partial charge is 0.481 e. The standard InChI is InChI=1S/C92H150N28O28/c1-11-49(6)74(85(141)103-46-71(129)117-33-19-27-62(117)90(146)119-35-18-24-59(119)82(138)102-44-69(127)115-31-15-25-60(115)83(139)107-50(7)76(132)98-40-65(123)106-52(9)89(145)120-36-20-28-63(120)91(147)148)113-84(140)61-26-16-32-116(61)70(128)45-104-86(142)75(53(10)121)114-80(136)56(37-47(2)3)109-67(125)41-99-77(133)54(22-14-30-97-92(95)96)110-87(143)73(48(4)5)112-68(126)43-100-78(134)57(38-72(130)131)111-79(135)55(21-12-13-29-93)108-66(124)42-101-81(137)58-23-17-34-118(58)88(144)51(8)105-64(122)39-94/h47-63,73-75,121H,11-46,93-94H2,1-10H3,(H,98,132)(H,99,133)(H,100,134)(H,101,137)(H,102,138)(H,103,141)(H,104,142)(H,105,122)(H,106,123)(H,107,139)(H,108,124)(H,109,125)(H,110,143)(H,111,135)(H,112,126)(H,113,140)(H,114,136)(H,130,131)(H,147,148)(H4,95,96,97)/t49-,50-,51-,52-,53+,54-,55-,56-,57-,58-,59-,60-,61-,62-,63-,73-,74-,75-/m0/s1. The summed E-state index contributed by atoms with van der Waals surface area (Å²) < 4.78 is 0. The van der Waals surface area contributed by atoms with Gasteiger partial charge in [-0.25, -0.2) is 4.79 Å². The molecular weight excluding hydrogens is 1950 g/mol. The molecule has 0 radical (unpaired) electrons. The van der Waals surface area contributed by atoms with Gasteiger partial charge in [0.05, 0.1) is 64.9 Å². The van der Waals surface area contributed by atoms with Gasteiger partial charge in [0.15, 0.2) is 5.96 Å². The summed E-state index contributed by atoms with van der Waals surface area (Å²) in [6.45, 7) is 10.8. The Bertz CT molecular complexity index is 4790. The number of aliphatic hydroxyl groups is 1. The van der Waals surface area contributed by atoms with Crippen LogP contribution in [-0.4, -0.2) is 406 Å². The summed E-state index contributed by atoms with van der Waals surface area (Å²) in [6.07, 6.45) is 1.61. The van der Waals surface area contributed by atoms with Gasteiger partial charge in [-0.05, 0) is 168 Å². The number of carboxylic acids is 2. The molecule has 0 aromatic carbocycles. The molecule has 28 N–H and O–H groups in total. The van der Waals surface area contributed by atoms with Crippen LogP contribution in [-0.2, 0) is 120 Å². The van der Waals surface area contributed by atoms with E-state index in [1.54, 1.807) is 27.7 Å². The first-order valence-electron chi connectivity index (χ1n) is 50.3. The number of carbonyl (C=O) groups excluding carboxylic acids is 23. The van der Waals surface area contributed by atoms with E-state index in [4.69, 9.17) is 22.6 Å². The summed E-state index contributed by atoms with van der Waals surface area (Å²) in [5.41, 5.74) is 16.5. The monoisotopic (exact) mass is 2100 g/mol. The third kappa shape index (κ3) is 37.7. The van der Waals surface area contributed by atoms with Crippen molar-refractivity contribution in [2.24, 2.45) is 35.0 Å². The number of hydrogen-bond acceptors (Lipinski definition) is 29. The van der Waals surface area contributed by atoms with Crippen LogP contribution in [0, 0.1) is 23.2 Å². The molecule has 148 heavy (non-hydrogen) atoms. The average Bonchev–Trinajstić information content (AvgIpc) is 1.67. The highest BCUT2D eigenvalue weighted by Gasteiger charge is 2.47. The first-order valence-corrected chi connectivity index (χ1v) is 50.3. The summed E-state index contributed by atoms with van der Waals surface area (Å²) in [5.74, 6) is -23.4. The lowest BCUT2D eigenvalue weighted by Gasteiger charge is -2.31. The molecule has 6 aliphatic rings. The van der Waals surface area contributed by atoms with E-state index in [0.717, 1.165) is 6.92 Å². The summed E-state index contributed by atoms with van der Waals surface area (Å²) in [4.78, 5) is 344. The van der Waals surface area contributed by atoms with Crippen molar-refractivity contribution in [3.05, 3.63) is 0 Å². The molecule has 56 nitrogen and oxygen atoms in total. The third-order valence-corrected chi connectivity index (χ3v) is 26.2. The van der Waals surface area contributed by atoms with Crippen molar-refractivity contribution in [1.82, 2.24) is 125 Å². The van der Waals surface area contributed by atoms with Crippen LogP contribution in [0.1, 0.15) is 198 Å². The van der Waals surface area contributed by atoms with Gasteiger partial charge >= 0.3 is 11.9 Å². The Morgan fingerprint density at radius 2 is 0.743 bits per heavy atom. The van der Waals surface area contributed by atoms with Gasteiger partial charge in [-0.1, -0.05) is 48.0 Å². The first-order chi connectivity index (χ1) is 69.9. The van der Waals surface area contributed by atoms with E-state index < -0.39 is 321 Å². The maximum Gasteiger partial charge on any atom is 0.326 e. The van der Waals surface area contributed by atoms with Crippen LogP contribution < -0.4 is 113 Å². The van der Waals surface area contributed by atoms with Crippen LogP contribution in [0.15, 0.2) is 0 Å². The second-order valence-electron chi connectivity index (χ2n) is 38.4. The Balaban J connectivity index is 0.964. The Kier molecular flexibility index (Phi) is 49.9. The maximum absolute atomic E-state index is 14.4. The van der Waals surface area contributed by atoms with Gasteiger partial charge in [-0.15, -0.1) is 0 Å². The minimum Gasteiger partial charge on any atom is -0.481 e. The fourth-order valence-corrected chi connectivity index (χ4v) is 18.0. The van der Waals surface area contributed by atoms with Crippen LogP contribution in [0.25, 0.3) is 0 Å². The van der Waals surface area contributed by atoms with Gasteiger partial charge in [0, 0.05) is 45.8 Å². The molecular formula is C92H150N28O28. The predicted molar refractivity (Wildman–Crippen MR) is 522 cm³/mol. The van der Waals surface area contributed by atoms with Crippen LogP contribution in [0.5, 0.6) is 0 Å². The number of carbonyl (C=O) groups is 25. The molecule has 826 valence electrons. The number of aliphatic hydroxyl groups excluding tert-OH is 1. The second kappa shape index (κ2) is 60.2. The van der Waals surface area contributed by atoms with Gasteiger partial charge in [0.1, 0.15) is 96.7 Å². The third-order valence-electron chi connectivity index (χ3n) is 26.2. The molecule has 23 amide bonds. The molecule has 6 fully saturated rings. The molecule has 0 aromatic rings. The summed E-state index contributed by atoms with van der Waals surface area (Å²) >= 11 is 0. The highest BCUT2D eigenvalue weighted by atomic mass is 16.4. The van der Waals surface area contributed by atoms with Crippen LogP contribution >= 0.6 is 0 Å². The highest BCUT2D eigenvalue weighted by Crippen LogP contribution is 2.28. The minimum atomic E-state index is -1.87. The highest BCUT2D eigenvalue weighted by molar-refractivity contribution is 6.03. The zero-order chi connectivity index (χ0) is 110. The molecule has 0 aliphatic carbocycles. The number of amides is 23. The molecule has 0 aromatic heterocycles. The number of nitrogens with one attached hydrogen (secondary N) is 19. The van der Waals surface area contributed by atoms with Gasteiger partial charge < -0.3 is 158 Å². The summed E-state index contributed by atoms with van der Waals surface area (Å²) in [5, 5.41) is 82.0. The summed E-state index contributed by atoms with van der Waals surface area (Å²) in [7, 11) is 0. The lowest BCUT2D eigenvalue weighted by molar-refractivity contribution is -0.149. The van der Waals surface area contributed by atoms with E-state index in [9.17, 15) is 135 Å². The van der Waals surface area contributed by atoms with E-state index in [1.807, 2.05) is 0 Å². The number of nitrogens with zero attached hydrogens (tertiary/aromatic N) is 6. The first kappa shape index (κ1) is 123. The minimum absolute atomic E-state index is 0.00229. The quantitative estimate of drug-likeness (QED) is 0.0153.